The molecule has 0 N–H and O–H groups in total. The van der Waals surface area contributed by atoms with Gasteiger partial charge >= 0.3 is 0 Å². The smallest absolute Gasteiger partial charge is 0.0745 e. The molecule has 21 heavy (non-hydrogen) atoms. The SMILES string of the molecule is CCO[C@@H]1CCN(CC2CCOC2)[C@@H]1Cc1cccnc1. The zero-order valence-electron chi connectivity index (χ0n) is 12.9. The average Bonchev–Trinajstić information content (AvgIpc) is 3.14. The molecule has 3 atom stereocenters. The molecule has 3 heterocycles. The third kappa shape index (κ3) is 3.82. The lowest BCUT2D eigenvalue weighted by molar-refractivity contribution is 0.0313. The maximum atomic E-state index is 5.99. The molecule has 0 aliphatic carbocycles. The molecule has 116 valence electrons. The Balaban J connectivity index is 1.66. The predicted molar refractivity (Wildman–Crippen MR) is 82.3 cm³/mol. The van der Waals surface area contributed by atoms with E-state index in [-0.39, 0.29) is 0 Å². The first kappa shape index (κ1) is 14.9. The van der Waals surface area contributed by atoms with Crippen molar-refractivity contribution in [2.45, 2.75) is 38.3 Å². The second-order valence-electron chi connectivity index (χ2n) is 6.14. The van der Waals surface area contributed by atoms with Crippen LogP contribution in [0, 0.1) is 5.92 Å². The summed E-state index contributed by atoms with van der Waals surface area (Å²) >= 11 is 0. The van der Waals surface area contributed by atoms with Gasteiger partial charge in [-0.25, -0.2) is 0 Å². The molecule has 2 aliphatic rings. The van der Waals surface area contributed by atoms with Crippen molar-refractivity contribution in [3.05, 3.63) is 30.1 Å². The van der Waals surface area contributed by atoms with Gasteiger partial charge in [0.1, 0.15) is 0 Å². The first-order valence-corrected chi connectivity index (χ1v) is 8.19. The van der Waals surface area contributed by atoms with Crippen LogP contribution in [0.3, 0.4) is 0 Å². The van der Waals surface area contributed by atoms with Crippen molar-refractivity contribution in [1.82, 2.24) is 9.88 Å². The highest BCUT2D eigenvalue weighted by atomic mass is 16.5. The van der Waals surface area contributed by atoms with Gasteiger partial charge in [0.05, 0.1) is 12.7 Å². The van der Waals surface area contributed by atoms with Gasteiger partial charge in [-0.05, 0) is 43.7 Å². The molecular formula is C17H26N2O2. The minimum Gasteiger partial charge on any atom is -0.381 e. The summed E-state index contributed by atoms with van der Waals surface area (Å²) in [6.07, 6.45) is 7.57. The van der Waals surface area contributed by atoms with Crippen molar-refractivity contribution in [2.75, 3.05) is 32.9 Å². The molecule has 2 fully saturated rings. The maximum Gasteiger partial charge on any atom is 0.0745 e. The topological polar surface area (TPSA) is 34.6 Å². The van der Waals surface area contributed by atoms with Crippen molar-refractivity contribution in [3.63, 3.8) is 0 Å². The van der Waals surface area contributed by atoms with Crippen molar-refractivity contribution in [1.29, 1.82) is 0 Å². The third-order valence-corrected chi connectivity index (χ3v) is 4.66. The van der Waals surface area contributed by atoms with Gasteiger partial charge in [0.25, 0.3) is 0 Å². The molecule has 1 unspecified atom stereocenters. The highest BCUT2D eigenvalue weighted by molar-refractivity contribution is 5.12. The molecule has 0 aromatic carbocycles. The highest BCUT2D eigenvalue weighted by Crippen LogP contribution is 2.27. The molecule has 3 rings (SSSR count). The fourth-order valence-corrected chi connectivity index (χ4v) is 3.60. The van der Waals surface area contributed by atoms with Crippen LogP contribution in [0.15, 0.2) is 24.5 Å². The Morgan fingerprint density at radius 2 is 2.38 bits per heavy atom. The van der Waals surface area contributed by atoms with Gasteiger partial charge in [0.15, 0.2) is 0 Å². The summed E-state index contributed by atoms with van der Waals surface area (Å²) < 4.78 is 11.5. The Morgan fingerprint density at radius 3 is 3.10 bits per heavy atom. The summed E-state index contributed by atoms with van der Waals surface area (Å²) in [7, 11) is 0. The van der Waals surface area contributed by atoms with Crippen LogP contribution in [0.4, 0.5) is 0 Å². The zero-order valence-corrected chi connectivity index (χ0v) is 12.9. The van der Waals surface area contributed by atoms with Crippen molar-refractivity contribution >= 4 is 0 Å². The predicted octanol–water partition coefficient (Wildman–Crippen LogP) is 2.14. The first-order chi connectivity index (χ1) is 10.4. The highest BCUT2D eigenvalue weighted by Gasteiger charge is 2.36. The van der Waals surface area contributed by atoms with Crippen LogP contribution in [-0.2, 0) is 15.9 Å². The molecule has 1 aromatic rings. The zero-order chi connectivity index (χ0) is 14.5. The Hall–Kier alpha value is -0.970. The minimum atomic E-state index is 0.359. The number of pyridine rings is 1. The molecular weight excluding hydrogens is 264 g/mol. The number of likely N-dealkylation sites (tertiary alicyclic amines) is 1. The Morgan fingerprint density at radius 1 is 1.43 bits per heavy atom. The van der Waals surface area contributed by atoms with Gasteiger partial charge in [-0.15, -0.1) is 0 Å². The normalized spacial score (nSPS) is 30.0. The van der Waals surface area contributed by atoms with E-state index in [9.17, 15) is 0 Å². The summed E-state index contributed by atoms with van der Waals surface area (Å²) in [5.74, 6) is 0.696. The number of nitrogens with zero attached hydrogens (tertiary/aromatic N) is 2. The fourth-order valence-electron chi connectivity index (χ4n) is 3.60. The van der Waals surface area contributed by atoms with Gasteiger partial charge < -0.3 is 9.47 Å². The van der Waals surface area contributed by atoms with E-state index < -0.39 is 0 Å². The molecule has 4 nitrogen and oxygen atoms in total. The molecule has 0 amide bonds. The fraction of sp³-hybridized carbons (Fsp3) is 0.706. The lowest BCUT2D eigenvalue weighted by Crippen LogP contribution is -2.41. The van der Waals surface area contributed by atoms with Crippen molar-refractivity contribution < 1.29 is 9.47 Å². The van der Waals surface area contributed by atoms with E-state index in [0.717, 1.165) is 45.8 Å². The quantitative estimate of drug-likeness (QED) is 0.804. The monoisotopic (exact) mass is 290 g/mol. The lowest BCUT2D eigenvalue weighted by Gasteiger charge is -2.29. The van der Waals surface area contributed by atoms with Crippen LogP contribution in [0.25, 0.3) is 0 Å². The van der Waals surface area contributed by atoms with Crippen molar-refractivity contribution in [3.8, 4) is 0 Å². The van der Waals surface area contributed by atoms with Crippen molar-refractivity contribution in [2.24, 2.45) is 5.92 Å². The van der Waals surface area contributed by atoms with E-state index in [1.54, 1.807) is 0 Å². The third-order valence-electron chi connectivity index (χ3n) is 4.66. The van der Waals surface area contributed by atoms with E-state index in [0.29, 0.717) is 18.1 Å². The summed E-state index contributed by atoms with van der Waals surface area (Å²) in [5.41, 5.74) is 1.31. The van der Waals surface area contributed by atoms with Crippen LogP contribution in [-0.4, -0.2) is 54.9 Å². The molecule has 0 radical (unpaired) electrons. The second kappa shape index (κ2) is 7.34. The number of ether oxygens (including phenoxy) is 2. The second-order valence-corrected chi connectivity index (χ2v) is 6.14. The van der Waals surface area contributed by atoms with Crippen LogP contribution in [0.5, 0.6) is 0 Å². The molecule has 0 saturated carbocycles. The Bertz CT molecular complexity index is 420. The van der Waals surface area contributed by atoms with Crippen LogP contribution in [0.1, 0.15) is 25.3 Å². The maximum absolute atomic E-state index is 5.99. The van der Waals surface area contributed by atoms with Gasteiger partial charge in [-0.2, -0.15) is 0 Å². The summed E-state index contributed by atoms with van der Waals surface area (Å²) in [5, 5.41) is 0. The summed E-state index contributed by atoms with van der Waals surface area (Å²) in [6, 6.07) is 4.68. The Kier molecular flexibility index (Phi) is 5.22. The molecule has 1 aromatic heterocycles. The Labute approximate surface area is 127 Å². The number of hydrogen-bond donors (Lipinski definition) is 0. The molecule has 0 bridgehead atoms. The van der Waals surface area contributed by atoms with Crippen LogP contribution >= 0.6 is 0 Å². The van der Waals surface area contributed by atoms with E-state index in [1.807, 2.05) is 18.5 Å². The lowest BCUT2D eigenvalue weighted by atomic mass is 10.0. The molecule has 0 spiro atoms. The molecule has 2 saturated heterocycles. The minimum absolute atomic E-state index is 0.359. The number of hydrogen-bond acceptors (Lipinski definition) is 4. The van der Waals surface area contributed by atoms with Crippen LogP contribution in [0.2, 0.25) is 0 Å². The van der Waals surface area contributed by atoms with E-state index in [4.69, 9.17) is 9.47 Å². The number of rotatable bonds is 6. The average molecular weight is 290 g/mol. The van der Waals surface area contributed by atoms with Gasteiger partial charge in [0.2, 0.25) is 0 Å². The van der Waals surface area contributed by atoms with Gasteiger partial charge in [0, 0.05) is 44.7 Å². The molecule has 2 aliphatic heterocycles. The first-order valence-electron chi connectivity index (χ1n) is 8.19. The largest absolute Gasteiger partial charge is 0.381 e. The standard InChI is InChI=1S/C17H26N2O2/c1-2-21-17-5-8-19(12-15-6-9-20-13-15)16(17)10-14-4-3-7-18-11-14/h3-4,7,11,15-17H,2,5-6,8-10,12-13H2,1H3/t15?,16-,17-/m1/s1. The summed E-state index contributed by atoms with van der Waals surface area (Å²) in [6.45, 7) is 7.04. The van der Waals surface area contributed by atoms with Crippen LogP contribution < -0.4 is 0 Å². The molecule has 4 heteroatoms. The van der Waals surface area contributed by atoms with E-state index >= 15 is 0 Å². The van der Waals surface area contributed by atoms with Gasteiger partial charge in [-0.3, -0.25) is 9.88 Å². The van der Waals surface area contributed by atoms with E-state index in [1.165, 1.54) is 12.0 Å². The summed E-state index contributed by atoms with van der Waals surface area (Å²) in [4.78, 5) is 6.86. The number of aromatic nitrogens is 1. The van der Waals surface area contributed by atoms with Gasteiger partial charge in [-0.1, -0.05) is 6.07 Å². The van der Waals surface area contributed by atoms with E-state index in [2.05, 4.69) is 22.9 Å².